The SMILES string of the molecule is CCNC(=NCc1ccc(N2CCCC2=O)cc1)NCCNC(=O)c1ccc(O)cc1. The number of rotatable bonds is 8. The molecule has 0 aromatic heterocycles. The lowest BCUT2D eigenvalue weighted by Gasteiger charge is -2.16. The van der Waals surface area contributed by atoms with E-state index in [1.165, 1.54) is 12.1 Å². The van der Waals surface area contributed by atoms with E-state index in [2.05, 4.69) is 20.9 Å². The molecule has 2 amide bonds. The first-order chi connectivity index (χ1) is 15.1. The van der Waals surface area contributed by atoms with Crippen LogP contribution in [-0.2, 0) is 11.3 Å². The third-order valence-corrected chi connectivity index (χ3v) is 4.92. The van der Waals surface area contributed by atoms with Gasteiger partial charge in [-0.25, -0.2) is 4.99 Å². The minimum absolute atomic E-state index is 0.129. The van der Waals surface area contributed by atoms with Crippen LogP contribution >= 0.6 is 0 Å². The van der Waals surface area contributed by atoms with E-state index in [0.717, 1.165) is 30.8 Å². The van der Waals surface area contributed by atoms with Gasteiger partial charge in [0, 0.05) is 43.9 Å². The van der Waals surface area contributed by atoms with Crippen LogP contribution in [0.3, 0.4) is 0 Å². The van der Waals surface area contributed by atoms with Gasteiger partial charge in [0.2, 0.25) is 5.91 Å². The van der Waals surface area contributed by atoms with Gasteiger partial charge in [-0.2, -0.15) is 0 Å². The van der Waals surface area contributed by atoms with E-state index in [9.17, 15) is 14.7 Å². The first-order valence-corrected chi connectivity index (χ1v) is 10.6. The Labute approximate surface area is 182 Å². The molecule has 0 atom stereocenters. The van der Waals surface area contributed by atoms with Gasteiger partial charge in [-0.3, -0.25) is 9.59 Å². The minimum atomic E-state index is -0.194. The Kier molecular flexibility index (Phi) is 7.86. The fourth-order valence-electron chi connectivity index (χ4n) is 3.29. The van der Waals surface area contributed by atoms with Crippen molar-refractivity contribution in [2.24, 2.45) is 4.99 Å². The summed E-state index contributed by atoms with van der Waals surface area (Å²) in [5, 5.41) is 18.5. The monoisotopic (exact) mass is 423 g/mol. The van der Waals surface area contributed by atoms with E-state index < -0.39 is 0 Å². The lowest BCUT2D eigenvalue weighted by atomic mass is 10.2. The molecule has 1 aliphatic rings. The fourth-order valence-corrected chi connectivity index (χ4v) is 3.29. The van der Waals surface area contributed by atoms with E-state index in [4.69, 9.17) is 0 Å². The number of amides is 2. The number of phenols is 1. The highest BCUT2D eigenvalue weighted by molar-refractivity contribution is 5.95. The molecule has 0 spiro atoms. The molecule has 1 aliphatic heterocycles. The smallest absolute Gasteiger partial charge is 0.251 e. The molecule has 0 unspecified atom stereocenters. The van der Waals surface area contributed by atoms with Gasteiger partial charge in [-0.05, 0) is 55.3 Å². The van der Waals surface area contributed by atoms with Crippen molar-refractivity contribution in [1.29, 1.82) is 0 Å². The summed E-state index contributed by atoms with van der Waals surface area (Å²) in [5.74, 6) is 0.784. The number of anilines is 1. The van der Waals surface area contributed by atoms with Gasteiger partial charge < -0.3 is 26.0 Å². The Morgan fingerprint density at radius 3 is 2.39 bits per heavy atom. The summed E-state index contributed by atoms with van der Waals surface area (Å²) < 4.78 is 0. The predicted molar refractivity (Wildman–Crippen MR) is 121 cm³/mol. The summed E-state index contributed by atoms with van der Waals surface area (Å²) in [6.45, 7) is 4.96. The number of carbonyl (C=O) groups excluding carboxylic acids is 2. The fraction of sp³-hybridized carbons (Fsp3) is 0.348. The van der Waals surface area contributed by atoms with E-state index in [-0.39, 0.29) is 17.6 Å². The third-order valence-electron chi connectivity index (χ3n) is 4.92. The normalized spacial score (nSPS) is 13.9. The second-order valence-corrected chi connectivity index (χ2v) is 7.24. The molecule has 3 rings (SSSR count). The molecule has 0 radical (unpaired) electrons. The summed E-state index contributed by atoms with van der Waals surface area (Å²) in [6, 6.07) is 14.0. The highest BCUT2D eigenvalue weighted by atomic mass is 16.3. The van der Waals surface area contributed by atoms with Crippen molar-refractivity contribution in [2.45, 2.75) is 26.3 Å². The molecule has 1 heterocycles. The number of hydrogen-bond acceptors (Lipinski definition) is 4. The molecule has 2 aromatic carbocycles. The van der Waals surface area contributed by atoms with Crippen molar-refractivity contribution in [3.8, 4) is 5.75 Å². The number of guanidine groups is 1. The van der Waals surface area contributed by atoms with Gasteiger partial charge in [0.1, 0.15) is 5.75 Å². The molecule has 0 aliphatic carbocycles. The van der Waals surface area contributed by atoms with Gasteiger partial charge in [0.15, 0.2) is 5.96 Å². The predicted octanol–water partition coefficient (Wildman–Crippen LogP) is 2.00. The second-order valence-electron chi connectivity index (χ2n) is 7.24. The summed E-state index contributed by atoms with van der Waals surface area (Å²) in [7, 11) is 0. The molecule has 8 nitrogen and oxygen atoms in total. The van der Waals surface area contributed by atoms with Crippen molar-refractivity contribution < 1.29 is 14.7 Å². The molecule has 1 fully saturated rings. The van der Waals surface area contributed by atoms with Crippen LogP contribution in [0.4, 0.5) is 5.69 Å². The van der Waals surface area contributed by atoms with Gasteiger partial charge >= 0.3 is 0 Å². The van der Waals surface area contributed by atoms with Gasteiger partial charge in [0.25, 0.3) is 5.91 Å². The van der Waals surface area contributed by atoms with E-state index in [1.54, 1.807) is 12.1 Å². The number of nitrogens with one attached hydrogen (secondary N) is 3. The zero-order chi connectivity index (χ0) is 22.1. The lowest BCUT2D eigenvalue weighted by Crippen LogP contribution is -2.41. The quantitative estimate of drug-likeness (QED) is 0.295. The Bertz CT molecular complexity index is 910. The molecule has 2 aromatic rings. The third kappa shape index (κ3) is 6.47. The van der Waals surface area contributed by atoms with Crippen LogP contribution in [0.5, 0.6) is 5.75 Å². The van der Waals surface area contributed by atoms with Gasteiger partial charge in [0.05, 0.1) is 6.54 Å². The average Bonchev–Trinajstić information content (AvgIpc) is 3.21. The first kappa shape index (κ1) is 22.1. The minimum Gasteiger partial charge on any atom is -0.508 e. The number of aliphatic imine (C=N–C) groups is 1. The van der Waals surface area contributed by atoms with Gasteiger partial charge in [-0.1, -0.05) is 12.1 Å². The Morgan fingerprint density at radius 2 is 1.74 bits per heavy atom. The molecule has 0 bridgehead atoms. The zero-order valence-corrected chi connectivity index (χ0v) is 17.7. The maximum atomic E-state index is 12.1. The highest BCUT2D eigenvalue weighted by Gasteiger charge is 2.21. The molecule has 0 saturated carbocycles. The standard InChI is InChI=1S/C23H29N5O3/c1-2-24-23(26-14-13-25-22(31)18-7-11-20(29)12-8-18)27-16-17-5-9-19(10-6-17)28-15-3-4-21(28)30/h5-12,29H,2-4,13-16H2,1H3,(H,25,31)(H2,24,26,27). The van der Waals surface area contributed by atoms with Crippen molar-refractivity contribution in [3.05, 3.63) is 59.7 Å². The van der Waals surface area contributed by atoms with Crippen molar-refractivity contribution >= 4 is 23.5 Å². The lowest BCUT2D eigenvalue weighted by molar-refractivity contribution is -0.117. The van der Waals surface area contributed by atoms with Gasteiger partial charge in [-0.15, -0.1) is 0 Å². The number of phenolic OH excluding ortho intramolecular Hbond substituents is 1. The second kappa shape index (κ2) is 11.0. The molecule has 4 N–H and O–H groups in total. The van der Waals surface area contributed by atoms with Crippen LogP contribution in [-0.4, -0.2) is 49.1 Å². The maximum absolute atomic E-state index is 12.1. The summed E-state index contributed by atoms with van der Waals surface area (Å²) in [6.07, 6.45) is 1.54. The van der Waals surface area contributed by atoms with Crippen LogP contribution in [0.25, 0.3) is 0 Å². The van der Waals surface area contributed by atoms with Crippen molar-refractivity contribution in [2.75, 3.05) is 31.1 Å². The summed E-state index contributed by atoms with van der Waals surface area (Å²) in [4.78, 5) is 30.4. The Hall–Kier alpha value is -3.55. The maximum Gasteiger partial charge on any atom is 0.251 e. The summed E-state index contributed by atoms with van der Waals surface area (Å²) in [5.41, 5.74) is 2.48. The Balaban J connectivity index is 1.46. The van der Waals surface area contributed by atoms with E-state index in [0.29, 0.717) is 37.6 Å². The summed E-state index contributed by atoms with van der Waals surface area (Å²) >= 11 is 0. The number of aromatic hydroxyl groups is 1. The van der Waals surface area contributed by atoms with E-state index in [1.807, 2.05) is 36.1 Å². The molecule has 1 saturated heterocycles. The van der Waals surface area contributed by atoms with Crippen LogP contribution in [0.1, 0.15) is 35.7 Å². The highest BCUT2D eigenvalue weighted by Crippen LogP contribution is 2.21. The molecular weight excluding hydrogens is 394 g/mol. The topological polar surface area (TPSA) is 106 Å². The first-order valence-electron chi connectivity index (χ1n) is 10.6. The van der Waals surface area contributed by atoms with Crippen LogP contribution in [0, 0.1) is 0 Å². The molecular formula is C23H29N5O3. The zero-order valence-electron chi connectivity index (χ0n) is 17.7. The van der Waals surface area contributed by atoms with E-state index >= 15 is 0 Å². The number of carbonyl (C=O) groups is 2. The van der Waals surface area contributed by atoms with Crippen LogP contribution in [0.15, 0.2) is 53.5 Å². The number of benzene rings is 2. The Morgan fingerprint density at radius 1 is 1.03 bits per heavy atom. The molecule has 164 valence electrons. The average molecular weight is 424 g/mol. The van der Waals surface area contributed by atoms with Crippen molar-refractivity contribution in [1.82, 2.24) is 16.0 Å². The molecule has 8 heteroatoms. The largest absolute Gasteiger partial charge is 0.508 e. The number of nitrogens with zero attached hydrogens (tertiary/aromatic N) is 2. The molecule has 31 heavy (non-hydrogen) atoms. The van der Waals surface area contributed by atoms with Crippen LogP contribution in [0.2, 0.25) is 0 Å². The number of hydrogen-bond donors (Lipinski definition) is 4. The van der Waals surface area contributed by atoms with Crippen LogP contribution < -0.4 is 20.9 Å². The van der Waals surface area contributed by atoms with Crippen molar-refractivity contribution in [3.63, 3.8) is 0 Å².